The molecule has 0 heterocycles. The van der Waals surface area contributed by atoms with E-state index in [4.69, 9.17) is 0 Å². The Labute approximate surface area is 130 Å². The van der Waals surface area contributed by atoms with E-state index >= 15 is 0 Å². The molecular formula is C21H16O. The van der Waals surface area contributed by atoms with Crippen molar-refractivity contribution < 1.29 is 4.79 Å². The van der Waals surface area contributed by atoms with E-state index in [9.17, 15) is 4.79 Å². The van der Waals surface area contributed by atoms with Gasteiger partial charge in [0.15, 0.2) is 0 Å². The average molecular weight is 284 g/mol. The fraction of sp³-hybridized carbons (Fsp3) is 0. The van der Waals surface area contributed by atoms with Crippen molar-refractivity contribution in [2.24, 2.45) is 0 Å². The molecule has 0 spiro atoms. The van der Waals surface area contributed by atoms with Crippen LogP contribution in [0.3, 0.4) is 0 Å². The third-order valence-electron chi connectivity index (χ3n) is 3.60. The quantitative estimate of drug-likeness (QED) is 0.473. The van der Waals surface area contributed by atoms with E-state index in [1.54, 1.807) is 0 Å². The van der Waals surface area contributed by atoms with Crippen LogP contribution in [0.25, 0.3) is 28.3 Å². The second-order valence-electron chi connectivity index (χ2n) is 5.03. The first kappa shape index (κ1) is 14.0. The SMILES string of the molecule is O=CC=Cc1ccc(-c2ccccc2)cc1-c1ccccc1. The molecule has 0 aliphatic rings. The zero-order valence-corrected chi connectivity index (χ0v) is 12.1. The molecule has 0 radical (unpaired) electrons. The highest BCUT2D eigenvalue weighted by atomic mass is 16.1. The van der Waals surface area contributed by atoms with Crippen molar-refractivity contribution in [3.8, 4) is 22.3 Å². The van der Waals surface area contributed by atoms with E-state index in [0.29, 0.717) is 0 Å². The highest BCUT2D eigenvalue weighted by molar-refractivity contribution is 5.84. The lowest BCUT2D eigenvalue weighted by Crippen LogP contribution is -1.86. The molecule has 0 atom stereocenters. The van der Waals surface area contributed by atoms with E-state index in [0.717, 1.165) is 23.0 Å². The molecule has 1 heteroatoms. The predicted octanol–water partition coefficient (Wildman–Crippen LogP) is 5.23. The van der Waals surface area contributed by atoms with Gasteiger partial charge >= 0.3 is 0 Å². The van der Waals surface area contributed by atoms with Crippen molar-refractivity contribution >= 4 is 12.4 Å². The molecular weight excluding hydrogens is 268 g/mol. The lowest BCUT2D eigenvalue weighted by molar-refractivity contribution is -0.104. The van der Waals surface area contributed by atoms with Gasteiger partial charge in [0.1, 0.15) is 6.29 Å². The molecule has 0 aliphatic heterocycles. The third-order valence-corrected chi connectivity index (χ3v) is 3.60. The van der Waals surface area contributed by atoms with Gasteiger partial charge in [0.05, 0.1) is 0 Å². The van der Waals surface area contributed by atoms with Gasteiger partial charge in [0, 0.05) is 0 Å². The average Bonchev–Trinajstić information content (AvgIpc) is 2.61. The molecule has 0 saturated carbocycles. The minimum absolute atomic E-state index is 0.805. The van der Waals surface area contributed by atoms with Crippen molar-refractivity contribution in [2.75, 3.05) is 0 Å². The van der Waals surface area contributed by atoms with E-state index < -0.39 is 0 Å². The van der Waals surface area contributed by atoms with Gasteiger partial charge in [-0.3, -0.25) is 4.79 Å². The molecule has 3 rings (SSSR count). The van der Waals surface area contributed by atoms with Crippen molar-refractivity contribution in [2.45, 2.75) is 0 Å². The molecule has 106 valence electrons. The van der Waals surface area contributed by atoms with E-state index in [2.05, 4.69) is 42.5 Å². The first-order valence-electron chi connectivity index (χ1n) is 7.25. The van der Waals surface area contributed by atoms with E-state index in [1.165, 1.54) is 17.2 Å². The number of allylic oxidation sites excluding steroid dienone is 1. The minimum Gasteiger partial charge on any atom is -0.299 e. The monoisotopic (exact) mass is 284 g/mol. The fourth-order valence-corrected chi connectivity index (χ4v) is 2.52. The molecule has 0 fully saturated rings. The summed E-state index contributed by atoms with van der Waals surface area (Å²) in [5.41, 5.74) is 5.66. The van der Waals surface area contributed by atoms with Crippen LogP contribution < -0.4 is 0 Å². The molecule has 0 saturated heterocycles. The maximum absolute atomic E-state index is 10.6. The Morgan fingerprint density at radius 3 is 1.91 bits per heavy atom. The predicted molar refractivity (Wildman–Crippen MR) is 92.4 cm³/mol. The molecule has 0 bridgehead atoms. The van der Waals surface area contributed by atoms with Crippen LogP contribution in [0.15, 0.2) is 84.9 Å². The molecule has 0 unspecified atom stereocenters. The van der Waals surface area contributed by atoms with Crippen LogP contribution in [0.5, 0.6) is 0 Å². The summed E-state index contributed by atoms with van der Waals surface area (Å²) >= 11 is 0. The van der Waals surface area contributed by atoms with Gasteiger partial charge in [-0.05, 0) is 40.0 Å². The summed E-state index contributed by atoms with van der Waals surface area (Å²) in [6, 6.07) is 26.9. The molecule has 3 aromatic rings. The Morgan fingerprint density at radius 2 is 1.27 bits per heavy atom. The van der Waals surface area contributed by atoms with Gasteiger partial charge in [-0.25, -0.2) is 0 Å². The van der Waals surface area contributed by atoms with Gasteiger partial charge in [0.2, 0.25) is 0 Å². The van der Waals surface area contributed by atoms with Gasteiger partial charge in [-0.2, -0.15) is 0 Å². The number of carbonyl (C=O) groups excluding carboxylic acids is 1. The molecule has 22 heavy (non-hydrogen) atoms. The zero-order chi connectivity index (χ0) is 15.2. The summed E-state index contributed by atoms with van der Waals surface area (Å²) in [4.78, 5) is 10.6. The minimum atomic E-state index is 0.805. The largest absolute Gasteiger partial charge is 0.299 e. The number of carbonyl (C=O) groups is 1. The van der Waals surface area contributed by atoms with Crippen molar-refractivity contribution in [1.29, 1.82) is 0 Å². The maximum atomic E-state index is 10.6. The topological polar surface area (TPSA) is 17.1 Å². The van der Waals surface area contributed by atoms with Crippen LogP contribution in [0.1, 0.15) is 5.56 Å². The summed E-state index contributed by atoms with van der Waals surface area (Å²) in [6.45, 7) is 0. The highest BCUT2D eigenvalue weighted by Crippen LogP contribution is 2.30. The Balaban J connectivity index is 2.14. The molecule has 0 amide bonds. The van der Waals surface area contributed by atoms with Crippen LogP contribution in [0, 0.1) is 0 Å². The lowest BCUT2D eigenvalue weighted by atomic mass is 9.94. The number of hydrogen-bond acceptors (Lipinski definition) is 1. The van der Waals surface area contributed by atoms with Gasteiger partial charge in [-0.1, -0.05) is 78.9 Å². The Kier molecular flexibility index (Phi) is 4.26. The van der Waals surface area contributed by atoms with Crippen LogP contribution >= 0.6 is 0 Å². The summed E-state index contributed by atoms with van der Waals surface area (Å²) in [5.74, 6) is 0. The summed E-state index contributed by atoms with van der Waals surface area (Å²) < 4.78 is 0. The number of hydrogen-bond donors (Lipinski definition) is 0. The number of aldehydes is 1. The smallest absolute Gasteiger partial charge is 0.142 e. The summed E-state index contributed by atoms with van der Waals surface area (Å²) in [7, 11) is 0. The Bertz CT molecular complexity index is 787. The van der Waals surface area contributed by atoms with Gasteiger partial charge < -0.3 is 0 Å². The molecule has 1 nitrogen and oxygen atoms in total. The normalized spacial score (nSPS) is 10.7. The van der Waals surface area contributed by atoms with Crippen LogP contribution in [-0.4, -0.2) is 6.29 Å². The van der Waals surface area contributed by atoms with E-state index in [1.807, 2.05) is 42.5 Å². The molecule has 0 aliphatic carbocycles. The standard InChI is InChI=1S/C21H16O/c22-15-7-12-19-13-14-20(17-8-3-1-4-9-17)16-21(19)18-10-5-2-6-11-18/h1-16H. The van der Waals surface area contributed by atoms with Crippen LogP contribution in [0.4, 0.5) is 0 Å². The zero-order valence-electron chi connectivity index (χ0n) is 12.1. The van der Waals surface area contributed by atoms with Crippen molar-refractivity contribution in [3.63, 3.8) is 0 Å². The van der Waals surface area contributed by atoms with E-state index in [-0.39, 0.29) is 0 Å². The third kappa shape index (κ3) is 3.04. The molecule has 0 N–H and O–H groups in total. The van der Waals surface area contributed by atoms with Gasteiger partial charge in [0.25, 0.3) is 0 Å². The van der Waals surface area contributed by atoms with Crippen LogP contribution in [0.2, 0.25) is 0 Å². The Hall–Kier alpha value is -2.93. The molecule has 3 aromatic carbocycles. The molecule has 0 aromatic heterocycles. The summed E-state index contributed by atoms with van der Waals surface area (Å²) in [6.07, 6.45) is 4.19. The summed E-state index contributed by atoms with van der Waals surface area (Å²) in [5, 5.41) is 0. The second kappa shape index (κ2) is 6.68. The Morgan fingerprint density at radius 1 is 0.636 bits per heavy atom. The highest BCUT2D eigenvalue weighted by Gasteiger charge is 2.05. The number of benzene rings is 3. The second-order valence-corrected chi connectivity index (χ2v) is 5.03. The van der Waals surface area contributed by atoms with Crippen LogP contribution in [-0.2, 0) is 4.79 Å². The first-order valence-corrected chi connectivity index (χ1v) is 7.25. The lowest BCUT2D eigenvalue weighted by Gasteiger charge is -2.10. The van der Waals surface area contributed by atoms with Gasteiger partial charge in [-0.15, -0.1) is 0 Å². The maximum Gasteiger partial charge on any atom is 0.142 e. The first-order chi connectivity index (χ1) is 10.9. The van der Waals surface area contributed by atoms with Crippen molar-refractivity contribution in [3.05, 3.63) is 90.5 Å². The fourth-order valence-electron chi connectivity index (χ4n) is 2.52. The van der Waals surface area contributed by atoms with Crippen molar-refractivity contribution in [1.82, 2.24) is 0 Å². The number of rotatable bonds is 4.